The Morgan fingerprint density at radius 1 is 0.861 bits per heavy atom. The molecule has 0 spiro atoms. The largest absolute Gasteiger partial charge is 0.471 e. The first-order chi connectivity index (χ1) is 17.6. The summed E-state index contributed by atoms with van der Waals surface area (Å²) >= 11 is 6.04. The minimum atomic E-state index is -0.128. The normalized spacial score (nSPS) is 11.1. The molecule has 0 aliphatic heterocycles. The van der Waals surface area contributed by atoms with Gasteiger partial charge in [-0.2, -0.15) is 5.10 Å². The summed E-state index contributed by atoms with van der Waals surface area (Å²) in [7, 11) is 0. The number of nitrogens with zero attached hydrogens (tertiary/aromatic N) is 2. The monoisotopic (exact) mass is 517 g/mol. The Morgan fingerprint density at radius 3 is 1.97 bits per heavy atom. The van der Waals surface area contributed by atoms with Gasteiger partial charge in [-0.05, 0) is 43.2 Å². The average Bonchev–Trinajstić information content (AvgIpc) is 3.36. The fourth-order valence-electron chi connectivity index (χ4n) is 4.37. The predicted molar refractivity (Wildman–Crippen MR) is 151 cm³/mol. The standard InChI is InChI=1S/C30H48ClN3O2/c1-3-4-5-6-7-8-9-10-11-12-13-14-15-16-17-18-22-32-30(35)29-21-23-34(33-29)25-36-27-19-20-28(31)26(2)24-27/h19-21,23-24H,3-18,22,25H2,1-2H3,(H,32,35). The van der Waals surface area contributed by atoms with Gasteiger partial charge < -0.3 is 10.1 Å². The third-order valence-electron chi connectivity index (χ3n) is 6.68. The van der Waals surface area contributed by atoms with E-state index in [1.807, 2.05) is 25.1 Å². The van der Waals surface area contributed by atoms with Crippen molar-refractivity contribution in [3.05, 3.63) is 46.7 Å². The number of benzene rings is 1. The van der Waals surface area contributed by atoms with Gasteiger partial charge in [0.15, 0.2) is 6.73 Å². The maximum atomic E-state index is 12.3. The van der Waals surface area contributed by atoms with E-state index in [1.54, 1.807) is 16.9 Å². The first-order valence-electron chi connectivity index (χ1n) is 14.3. The van der Waals surface area contributed by atoms with E-state index in [0.29, 0.717) is 17.3 Å². The predicted octanol–water partition coefficient (Wildman–Crippen LogP) is 8.87. The molecule has 202 valence electrons. The Kier molecular flexibility index (Phi) is 16.1. The van der Waals surface area contributed by atoms with Crippen LogP contribution in [0.15, 0.2) is 30.5 Å². The molecule has 0 radical (unpaired) electrons. The van der Waals surface area contributed by atoms with Gasteiger partial charge in [-0.25, -0.2) is 4.68 Å². The van der Waals surface area contributed by atoms with Gasteiger partial charge in [0.05, 0.1) is 0 Å². The molecule has 1 aromatic heterocycles. The Balaban J connectivity index is 1.41. The van der Waals surface area contributed by atoms with E-state index in [9.17, 15) is 4.79 Å². The number of unbranched alkanes of at least 4 members (excludes halogenated alkanes) is 15. The lowest BCUT2D eigenvalue weighted by Gasteiger charge is -2.07. The molecule has 1 N–H and O–H groups in total. The molecule has 1 aromatic carbocycles. The molecule has 0 saturated carbocycles. The highest BCUT2D eigenvalue weighted by Gasteiger charge is 2.09. The minimum Gasteiger partial charge on any atom is -0.471 e. The van der Waals surface area contributed by atoms with Gasteiger partial charge in [-0.3, -0.25) is 4.79 Å². The molecule has 0 aliphatic rings. The zero-order chi connectivity index (χ0) is 25.8. The molecule has 2 rings (SSSR count). The smallest absolute Gasteiger partial charge is 0.271 e. The van der Waals surface area contributed by atoms with Crippen molar-refractivity contribution < 1.29 is 9.53 Å². The fourth-order valence-corrected chi connectivity index (χ4v) is 4.49. The van der Waals surface area contributed by atoms with Crippen molar-refractivity contribution in [1.82, 2.24) is 15.1 Å². The lowest BCUT2D eigenvalue weighted by Crippen LogP contribution is -2.25. The topological polar surface area (TPSA) is 56.2 Å². The molecule has 0 bridgehead atoms. The van der Waals surface area contributed by atoms with Crippen LogP contribution >= 0.6 is 11.6 Å². The summed E-state index contributed by atoms with van der Waals surface area (Å²) in [6.45, 7) is 5.16. The van der Waals surface area contributed by atoms with Crippen molar-refractivity contribution in [2.24, 2.45) is 0 Å². The Morgan fingerprint density at radius 2 is 1.42 bits per heavy atom. The van der Waals surface area contributed by atoms with E-state index in [0.717, 1.165) is 17.7 Å². The molecule has 36 heavy (non-hydrogen) atoms. The quantitative estimate of drug-likeness (QED) is 0.168. The average molecular weight is 518 g/mol. The molecule has 6 heteroatoms. The van der Waals surface area contributed by atoms with Crippen molar-refractivity contribution in [1.29, 1.82) is 0 Å². The van der Waals surface area contributed by atoms with Crippen molar-refractivity contribution in [3.63, 3.8) is 0 Å². The number of nitrogens with one attached hydrogen (secondary N) is 1. The summed E-state index contributed by atoms with van der Waals surface area (Å²) in [4.78, 5) is 12.3. The molecule has 0 atom stereocenters. The summed E-state index contributed by atoms with van der Waals surface area (Å²) in [5, 5.41) is 8.01. The number of aryl methyl sites for hydroxylation is 1. The maximum Gasteiger partial charge on any atom is 0.271 e. The van der Waals surface area contributed by atoms with Crippen molar-refractivity contribution in [3.8, 4) is 5.75 Å². The highest BCUT2D eigenvalue weighted by molar-refractivity contribution is 6.31. The summed E-state index contributed by atoms with van der Waals surface area (Å²) in [6.07, 6.45) is 23.3. The van der Waals surface area contributed by atoms with Crippen LogP contribution in [0.2, 0.25) is 5.02 Å². The van der Waals surface area contributed by atoms with Crippen LogP contribution in [0.25, 0.3) is 0 Å². The third-order valence-corrected chi connectivity index (χ3v) is 7.11. The highest BCUT2D eigenvalue weighted by atomic mass is 35.5. The van der Waals surface area contributed by atoms with Crippen molar-refractivity contribution in [2.75, 3.05) is 6.54 Å². The van der Waals surface area contributed by atoms with E-state index < -0.39 is 0 Å². The second kappa shape index (κ2) is 19.1. The van der Waals surface area contributed by atoms with Crippen molar-refractivity contribution in [2.45, 2.75) is 123 Å². The first kappa shape index (κ1) is 30.2. The zero-order valence-corrected chi connectivity index (χ0v) is 23.5. The van der Waals surface area contributed by atoms with Gasteiger partial charge in [-0.15, -0.1) is 0 Å². The van der Waals surface area contributed by atoms with E-state index in [-0.39, 0.29) is 12.6 Å². The molecule has 0 unspecified atom stereocenters. The second-order valence-corrected chi connectivity index (χ2v) is 10.4. The van der Waals surface area contributed by atoms with E-state index in [1.165, 1.54) is 96.3 Å². The van der Waals surface area contributed by atoms with E-state index >= 15 is 0 Å². The molecule has 2 aromatic rings. The summed E-state index contributed by atoms with van der Waals surface area (Å²) in [6, 6.07) is 7.24. The molecule has 0 saturated heterocycles. The summed E-state index contributed by atoms with van der Waals surface area (Å²) in [5.74, 6) is 0.596. The molecule has 5 nitrogen and oxygen atoms in total. The zero-order valence-electron chi connectivity index (χ0n) is 22.7. The number of aromatic nitrogens is 2. The van der Waals surface area contributed by atoms with Crippen LogP contribution in [0.4, 0.5) is 0 Å². The lowest BCUT2D eigenvalue weighted by molar-refractivity contribution is 0.0946. The first-order valence-corrected chi connectivity index (χ1v) is 14.7. The summed E-state index contributed by atoms with van der Waals surface area (Å²) in [5.41, 5.74) is 1.38. The van der Waals surface area contributed by atoms with Gasteiger partial charge in [0.25, 0.3) is 5.91 Å². The number of ether oxygens (including phenoxy) is 1. The lowest BCUT2D eigenvalue weighted by atomic mass is 10.0. The van der Waals surface area contributed by atoms with Crippen LogP contribution < -0.4 is 10.1 Å². The van der Waals surface area contributed by atoms with E-state index in [2.05, 4.69) is 17.3 Å². The van der Waals surface area contributed by atoms with Crippen LogP contribution in [0, 0.1) is 6.92 Å². The molecule has 0 fully saturated rings. The number of rotatable bonds is 21. The van der Waals surface area contributed by atoms with Crippen LogP contribution in [0.5, 0.6) is 5.75 Å². The fraction of sp³-hybridized carbons (Fsp3) is 0.667. The van der Waals surface area contributed by atoms with Crippen LogP contribution in [0.3, 0.4) is 0 Å². The minimum absolute atomic E-state index is 0.128. The molecule has 1 heterocycles. The van der Waals surface area contributed by atoms with Gasteiger partial charge in [0.2, 0.25) is 0 Å². The van der Waals surface area contributed by atoms with Gasteiger partial charge in [-0.1, -0.05) is 115 Å². The second-order valence-electron chi connectivity index (χ2n) is 9.98. The number of carbonyl (C=O) groups is 1. The third kappa shape index (κ3) is 13.3. The molecule has 0 aliphatic carbocycles. The maximum absolute atomic E-state index is 12.3. The van der Waals surface area contributed by atoms with Gasteiger partial charge in [0, 0.05) is 17.8 Å². The van der Waals surface area contributed by atoms with Crippen LogP contribution in [-0.2, 0) is 6.73 Å². The van der Waals surface area contributed by atoms with Gasteiger partial charge >= 0.3 is 0 Å². The molecular formula is C30H48ClN3O2. The number of halogens is 1. The Bertz CT molecular complexity index is 852. The van der Waals surface area contributed by atoms with Crippen LogP contribution in [-0.4, -0.2) is 22.2 Å². The number of hydrogen-bond donors (Lipinski definition) is 1. The van der Waals surface area contributed by atoms with E-state index in [4.69, 9.17) is 16.3 Å². The van der Waals surface area contributed by atoms with Crippen LogP contribution in [0.1, 0.15) is 126 Å². The number of carbonyl (C=O) groups excluding carboxylic acids is 1. The number of amides is 1. The summed E-state index contributed by atoms with van der Waals surface area (Å²) < 4.78 is 7.35. The van der Waals surface area contributed by atoms with Gasteiger partial charge in [0.1, 0.15) is 11.4 Å². The number of hydrogen-bond acceptors (Lipinski definition) is 3. The molecule has 1 amide bonds. The Hall–Kier alpha value is -2.01. The molecular weight excluding hydrogens is 470 g/mol. The Labute approximate surface area is 224 Å². The van der Waals surface area contributed by atoms with Crippen molar-refractivity contribution >= 4 is 17.5 Å². The highest BCUT2D eigenvalue weighted by Crippen LogP contribution is 2.21. The SMILES string of the molecule is CCCCCCCCCCCCCCCCCCNC(=O)c1ccn(COc2ccc(Cl)c(C)c2)n1.